The SMILES string of the molecule is O=C(O)c1ccnc(Sc2ccc([N+](=O)[O-])cn2)c1. The summed E-state index contributed by atoms with van der Waals surface area (Å²) in [7, 11) is 0. The lowest BCUT2D eigenvalue weighted by molar-refractivity contribution is -0.385. The third-order valence-corrected chi connectivity index (χ3v) is 3.01. The third kappa shape index (κ3) is 3.26. The summed E-state index contributed by atoms with van der Waals surface area (Å²) < 4.78 is 0. The molecule has 2 heterocycles. The van der Waals surface area contributed by atoms with Crippen LogP contribution in [0.25, 0.3) is 0 Å². The van der Waals surface area contributed by atoms with Crippen molar-refractivity contribution >= 4 is 23.4 Å². The second kappa shape index (κ2) is 5.44. The Morgan fingerprint density at radius 1 is 1.26 bits per heavy atom. The first-order valence-electron chi connectivity index (χ1n) is 5.04. The molecule has 0 aliphatic heterocycles. The highest BCUT2D eigenvalue weighted by Gasteiger charge is 2.08. The summed E-state index contributed by atoms with van der Waals surface area (Å²) in [5, 5.41) is 20.3. The highest BCUT2D eigenvalue weighted by Crippen LogP contribution is 2.25. The molecule has 0 fully saturated rings. The third-order valence-electron chi connectivity index (χ3n) is 2.12. The van der Waals surface area contributed by atoms with E-state index in [9.17, 15) is 14.9 Å². The molecule has 0 saturated heterocycles. The number of carboxylic acids is 1. The second-order valence-corrected chi connectivity index (χ2v) is 4.44. The van der Waals surface area contributed by atoms with E-state index in [0.29, 0.717) is 10.1 Å². The molecule has 0 bridgehead atoms. The minimum atomic E-state index is -1.04. The van der Waals surface area contributed by atoms with Crippen molar-refractivity contribution in [1.29, 1.82) is 0 Å². The number of carboxylic acid groups (broad SMARTS) is 1. The van der Waals surface area contributed by atoms with Crippen LogP contribution >= 0.6 is 11.8 Å². The Morgan fingerprint density at radius 2 is 2.05 bits per heavy atom. The van der Waals surface area contributed by atoms with Gasteiger partial charge >= 0.3 is 5.97 Å². The van der Waals surface area contributed by atoms with Crippen LogP contribution < -0.4 is 0 Å². The first-order valence-corrected chi connectivity index (χ1v) is 5.85. The molecule has 0 aliphatic carbocycles. The van der Waals surface area contributed by atoms with E-state index in [1.165, 1.54) is 30.5 Å². The molecule has 0 radical (unpaired) electrons. The molecule has 1 N–H and O–H groups in total. The van der Waals surface area contributed by atoms with Crippen molar-refractivity contribution in [2.45, 2.75) is 10.1 Å². The van der Waals surface area contributed by atoms with Crippen molar-refractivity contribution in [1.82, 2.24) is 9.97 Å². The van der Waals surface area contributed by atoms with E-state index in [1.807, 2.05) is 0 Å². The van der Waals surface area contributed by atoms with Crippen LogP contribution in [0.4, 0.5) is 5.69 Å². The number of pyridine rings is 2. The van der Waals surface area contributed by atoms with Gasteiger partial charge in [-0.25, -0.2) is 14.8 Å². The summed E-state index contributed by atoms with van der Waals surface area (Å²) in [6.07, 6.45) is 2.53. The van der Waals surface area contributed by atoms with Crippen molar-refractivity contribution in [3.05, 3.63) is 52.3 Å². The van der Waals surface area contributed by atoms with Gasteiger partial charge in [0.15, 0.2) is 0 Å². The van der Waals surface area contributed by atoms with Gasteiger partial charge in [0.05, 0.1) is 10.5 Å². The fourth-order valence-corrected chi connectivity index (χ4v) is 2.00. The Kier molecular flexibility index (Phi) is 3.71. The van der Waals surface area contributed by atoms with Gasteiger partial charge in [0, 0.05) is 12.3 Å². The van der Waals surface area contributed by atoms with E-state index < -0.39 is 10.9 Å². The van der Waals surface area contributed by atoms with Gasteiger partial charge in [-0.1, -0.05) is 11.8 Å². The standard InChI is InChI=1S/C11H7N3O4S/c15-11(16)7-3-4-12-10(5-7)19-9-2-1-8(6-13-9)14(17)18/h1-6H,(H,15,16). The van der Waals surface area contributed by atoms with Gasteiger partial charge in [0.1, 0.15) is 16.2 Å². The molecular formula is C11H7N3O4S. The van der Waals surface area contributed by atoms with Gasteiger partial charge < -0.3 is 5.11 Å². The summed E-state index contributed by atoms with van der Waals surface area (Å²) in [5.74, 6) is -1.04. The van der Waals surface area contributed by atoms with Crippen LogP contribution in [0.5, 0.6) is 0 Å². The molecule has 0 amide bonds. The fraction of sp³-hybridized carbons (Fsp3) is 0. The number of hydrogen-bond acceptors (Lipinski definition) is 6. The lowest BCUT2D eigenvalue weighted by Gasteiger charge is -2.00. The van der Waals surface area contributed by atoms with Gasteiger partial charge in [0.25, 0.3) is 5.69 Å². The summed E-state index contributed by atoms with van der Waals surface area (Å²) in [4.78, 5) is 28.6. The quantitative estimate of drug-likeness (QED) is 0.674. The molecule has 96 valence electrons. The zero-order chi connectivity index (χ0) is 13.8. The minimum absolute atomic E-state index is 0.100. The van der Waals surface area contributed by atoms with Crippen LogP contribution in [0, 0.1) is 10.1 Å². The number of hydrogen-bond donors (Lipinski definition) is 1. The summed E-state index contributed by atoms with van der Waals surface area (Å²) >= 11 is 1.13. The lowest BCUT2D eigenvalue weighted by atomic mass is 10.3. The first kappa shape index (κ1) is 13.0. The second-order valence-electron chi connectivity index (χ2n) is 3.40. The molecular weight excluding hydrogens is 270 g/mol. The highest BCUT2D eigenvalue weighted by atomic mass is 32.2. The van der Waals surface area contributed by atoms with E-state index >= 15 is 0 Å². The summed E-state index contributed by atoms with van der Waals surface area (Å²) in [6.45, 7) is 0. The number of rotatable bonds is 4. The molecule has 0 aliphatic rings. The zero-order valence-electron chi connectivity index (χ0n) is 9.39. The number of aromatic carboxylic acids is 1. The van der Waals surface area contributed by atoms with Gasteiger partial charge in [-0.2, -0.15) is 0 Å². The van der Waals surface area contributed by atoms with Crippen molar-refractivity contribution in [3.8, 4) is 0 Å². The smallest absolute Gasteiger partial charge is 0.335 e. The Balaban J connectivity index is 2.19. The van der Waals surface area contributed by atoms with E-state index in [4.69, 9.17) is 5.11 Å². The van der Waals surface area contributed by atoms with Gasteiger partial charge in [-0.05, 0) is 18.2 Å². The Morgan fingerprint density at radius 3 is 2.63 bits per heavy atom. The van der Waals surface area contributed by atoms with E-state index in [1.54, 1.807) is 0 Å². The fourth-order valence-electron chi connectivity index (χ4n) is 1.25. The molecule has 8 heteroatoms. The minimum Gasteiger partial charge on any atom is -0.478 e. The van der Waals surface area contributed by atoms with Crippen LogP contribution in [-0.2, 0) is 0 Å². The molecule has 0 atom stereocenters. The van der Waals surface area contributed by atoms with Crippen LogP contribution in [0.2, 0.25) is 0 Å². The van der Waals surface area contributed by atoms with Crippen molar-refractivity contribution < 1.29 is 14.8 Å². The van der Waals surface area contributed by atoms with Gasteiger partial charge in [-0.15, -0.1) is 0 Å². The summed E-state index contributed by atoms with van der Waals surface area (Å²) in [5.41, 5.74) is 0.0241. The number of nitrogens with zero attached hydrogens (tertiary/aromatic N) is 3. The maximum atomic E-state index is 10.8. The van der Waals surface area contributed by atoms with Crippen molar-refractivity contribution in [2.75, 3.05) is 0 Å². The van der Waals surface area contributed by atoms with Gasteiger partial charge in [0.2, 0.25) is 0 Å². The largest absolute Gasteiger partial charge is 0.478 e. The van der Waals surface area contributed by atoms with E-state index in [2.05, 4.69) is 9.97 Å². The topological polar surface area (TPSA) is 106 Å². The van der Waals surface area contributed by atoms with E-state index in [0.717, 1.165) is 18.0 Å². The Labute approximate surface area is 111 Å². The lowest BCUT2D eigenvalue weighted by Crippen LogP contribution is -1.96. The molecule has 0 spiro atoms. The maximum Gasteiger partial charge on any atom is 0.335 e. The van der Waals surface area contributed by atoms with Crippen molar-refractivity contribution in [3.63, 3.8) is 0 Å². The average molecular weight is 277 g/mol. The molecule has 0 saturated carbocycles. The van der Waals surface area contributed by atoms with Crippen molar-refractivity contribution in [2.24, 2.45) is 0 Å². The number of aromatic nitrogens is 2. The molecule has 2 aromatic rings. The Bertz CT molecular complexity index is 630. The monoisotopic (exact) mass is 277 g/mol. The molecule has 0 aromatic carbocycles. The van der Waals surface area contributed by atoms with Crippen LogP contribution in [-0.4, -0.2) is 26.0 Å². The molecule has 7 nitrogen and oxygen atoms in total. The average Bonchev–Trinajstić information content (AvgIpc) is 2.39. The van der Waals surface area contributed by atoms with Gasteiger partial charge in [-0.3, -0.25) is 10.1 Å². The van der Waals surface area contributed by atoms with Crippen LogP contribution in [0.15, 0.2) is 46.7 Å². The predicted molar refractivity (Wildman–Crippen MR) is 66.2 cm³/mol. The summed E-state index contributed by atoms with van der Waals surface area (Å²) in [6, 6.07) is 5.61. The molecule has 0 unspecified atom stereocenters. The molecule has 2 rings (SSSR count). The van der Waals surface area contributed by atoms with Crippen LogP contribution in [0.1, 0.15) is 10.4 Å². The number of nitro groups is 1. The zero-order valence-corrected chi connectivity index (χ0v) is 10.2. The Hall–Kier alpha value is -2.48. The molecule has 2 aromatic heterocycles. The normalized spacial score (nSPS) is 10.1. The van der Waals surface area contributed by atoms with E-state index in [-0.39, 0.29) is 11.3 Å². The highest BCUT2D eigenvalue weighted by molar-refractivity contribution is 7.99. The van der Waals surface area contributed by atoms with Crippen LogP contribution in [0.3, 0.4) is 0 Å². The first-order chi connectivity index (χ1) is 9.06. The molecule has 19 heavy (non-hydrogen) atoms. The number of carbonyl (C=O) groups is 1. The predicted octanol–water partition coefficient (Wildman–Crippen LogP) is 2.23. The maximum absolute atomic E-state index is 10.8.